The molecule has 0 bridgehead atoms. The Bertz CT molecular complexity index is 711. The van der Waals surface area contributed by atoms with E-state index in [-0.39, 0.29) is 11.3 Å². The minimum Gasteiger partial charge on any atom is -0.341 e. The molecule has 0 saturated carbocycles. The number of benzene rings is 2. The van der Waals surface area contributed by atoms with E-state index in [2.05, 4.69) is 77.5 Å². The Labute approximate surface area is 163 Å². The minimum atomic E-state index is -0.0953. The average molecular weight is 363 g/mol. The van der Waals surface area contributed by atoms with Crippen molar-refractivity contribution in [2.45, 2.75) is 31.1 Å². The van der Waals surface area contributed by atoms with Crippen molar-refractivity contribution in [1.29, 1.82) is 0 Å². The summed E-state index contributed by atoms with van der Waals surface area (Å²) in [7, 11) is 2.15. The molecule has 0 unspecified atom stereocenters. The number of piperidine rings is 2. The van der Waals surface area contributed by atoms with E-state index in [4.69, 9.17) is 0 Å². The van der Waals surface area contributed by atoms with E-state index in [0.717, 1.165) is 51.9 Å². The van der Waals surface area contributed by atoms with Crippen LogP contribution in [0.25, 0.3) is 0 Å². The van der Waals surface area contributed by atoms with Crippen molar-refractivity contribution in [2.75, 3.05) is 33.2 Å². The Morgan fingerprint density at radius 1 is 0.889 bits per heavy atom. The van der Waals surface area contributed by atoms with E-state index in [9.17, 15) is 4.79 Å². The van der Waals surface area contributed by atoms with E-state index in [1.165, 1.54) is 11.1 Å². The van der Waals surface area contributed by atoms with Crippen molar-refractivity contribution in [3.8, 4) is 0 Å². The number of carbonyl (C=O) groups excluding carboxylic acids is 1. The Balaban J connectivity index is 1.63. The standard InChI is InChI=1S/C24H30N2O/c1-25-17-13-20(14-18-25)23(27)26-16-8-15-24(19-26,21-9-4-2-5-10-21)22-11-6-3-7-12-22/h2-7,9-12,20H,8,13-19H2,1H3. The maximum absolute atomic E-state index is 13.3. The lowest BCUT2D eigenvalue weighted by molar-refractivity contribution is -0.139. The van der Waals surface area contributed by atoms with Gasteiger partial charge in [0.15, 0.2) is 0 Å². The summed E-state index contributed by atoms with van der Waals surface area (Å²) >= 11 is 0. The van der Waals surface area contributed by atoms with Crippen LogP contribution in [0, 0.1) is 5.92 Å². The fraction of sp³-hybridized carbons (Fsp3) is 0.458. The van der Waals surface area contributed by atoms with Gasteiger partial charge in [0.1, 0.15) is 0 Å². The lowest BCUT2D eigenvalue weighted by atomic mass is 9.69. The number of carbonyl (C=O) groups is 1. The normalized spacial score (nSPS) is 21.1. The van der Waals surface area contributed by atoms with Crippen LogP contribution in [0.2, 0.25) is 0 Å². The molecule has 0 atom stereocenters. The van der Waals surface area contributed by atoms with Gasteiger partial charge in [0.2, 0.25) is 5.91 Å². The number of nitrogens with zero attached hydrogens (tertiary/aromatic N) is 2. The van der Waals surface area contributed by atoms with Crippen LogP contribution in [0.1, 0.15) is 36.8 Å². The van der Waals surface area contributed by atoms with Crippen molar-refractivity contribution in [2.24, 2.45) is 5.92 Å². The molecular formula is C24H30N2O. The molecule has 0 N–H and O–H groups in total. The van der Waals surface area contributed by atoms with Gasteiger partial charge in [-0.05, 0) is 56.9 Å². The fourth-order valence-electron chi connectivity index (χ4n) is 4.91. The molecule has 0 spiro atoms. The highest BCUT2D eigenvalue weighted by molar-refractivity contribution is 5.79. The van der Waals surface area contributed by atoms with Crippen LogP contribution in [0.5, 0.6) is 0 Å². The number of amides is 1. The van der Waals surface area contributed by atoms with Gasteiger partial charge >= 0.3 is 0 Å². The van der Waals surface area contributed by atoms with Gasteiger partial charge in [0.25, 0.3) is 0 Å². The molecule has 2 saturated heterocycles. The molecule has 2 fully saturated rings. The van der Waals surface area contributed by atoms with Crippen molar-refractivity contribution in [3.05, 3.63) is 71.8 Å². The highest BCUT2D eigenvalue weighted by Crippen LogP contribution is 2.41. The summed E-state index contributed by atoms with van der Waals surface area (Å²) in [5.74, 6) is 0.572. The van der Waals surface area contributed by atoms with Crippen LogP contribution in [0.4, 0.5) is 0 Å². The van der Waals surface area contributed by atoms with Crippen LogP contribution in [0.15, 0.2) is 60.7 Å². The maximum Gasteiger partial charge on any atom is 0.225 e. The van der Waals surface area contributed by atoms with Gasteiger partial charge in [-0.3, -0.25) is 4.79 Å². The lowest BCUT2D eigenvalue weighted by Gasteiger charge is -2.45. The Morgan fingerprint density at radius 3 is 2.00 bits per heavy atom. The molecule has 1 amide bonds. The second-order valence-electron chi connectivity index (χ2n) is 8.26. The summed E-state index contributed by atoms with van der Waals surface area (Å²) in [6.45, 7) is 3.76. The van der Waals surface area contributed by atoms with Crippen LogP contribution >= 0.6 is 0 Å². The monoisotopic (exact) mass is 362 g/mol. The third kappa shape index (κ3) is 3.66. The molecule has 3 heteroatoms. The Kier molecular flexibility index (Phi) is 5.31. The fourth-order valence-corrected chi connectivity index (χ4v) is 4.91. The van der Waals surface area contributed by atoms with E-state index in [1.54, 1.807) is 0 Å². The Hall–Kier alpha value is -2.13. The predicted molar refractivity (Wildman–Crippen MR) is 110 cm³/mol. The zero-order valence-corrected chi connectivity index (χ0v) is 16.3. The molecule has 2 aromatic carbocycles. The zero-order chi connectivity index (χ0) is 18.7. The van der Waals surface area contributed by atoms with Crippen molar-refractivity contribution in [1.82, 2.24) is 9.80 Å². The SMILES string of the molecule is CN1CCC(C(=O)N2CCCC(c3ccccc3)(c3ccccc3)C2)CC1. The smallest absolute Gasteiger partial charge is 0.225 e. The van der Waals surface area contributed by atoms with E-state index < -0.39 is 0 Å². The molecular weight excluding hydrogens is 332 g/mol. The predicted octanol–water partition coefficient (Wildman–Crippen LogP) is 3.94. The molecule has 3 nitrogen and oxygen atoms in total. The van der Waals surface area contributed by atoms with Gasteiger partial charge in [0.05, 0.1) is 0 Å². The van der Waals surface area contributed by atoms with Gasteiger partial charge in [-0.15, -0.1) is 0 Å². The summed E-state index contributed by atoms with van der Waals surface area (Å²) < 4.78 is 0. The number of rotatable bonds is 3. The molecule has 0 radical (unpaired) electrons. The number of likely N-dealkylation sites (tertiary alicyclic amines) is 2. The molecule has 2 aliphatic heterocycles. The lowest BCUT2D eigenvalue weighted by Crippen LogP contribution is -2.51. The van der Waals surface area contributed by atoms with Crippen molar-refractivity contribution < 1.29 is 4.79 Å². The second-order valence-corrected chi connectivity index (χ2v) is 8.26. The summed E-state index contributed by atoms with van der Waals surface area (Å²) in [5.41, 5.74) is 2.57. The highest BCUT2D eigenvalue weighted by Gasteiger charge is 2.41. The second kappa shape index (κ2) is 7.85. The van der Waals surface area contributed by atoms with Gasteiger partial charge in [-0.25, -0.2) is 0 Å². The quantitative estimate of drug-likeness (QED) is 0.826. The molecule has 0 aromatic heterocycles. The summed E-state index contributed by atoms with van der Waals surface area (Å²) in [6.07, 6.45) is 4.14. The van der Waals surface area contributed by atoms with E-state index >= 15 is 0 Å². The van der Waals surface area contributed by atoms with Crippen molar-refractivity contribution in [3.63, 3.8) is 0 Å². The molecule has 4 rings (SSSR count). The first-order chi connectivity index (χ1) is 13.2. The highest BCUT2D eigenvalue weighted by atomic mass is 16.2. The summed E-state index contributed by atoms with van der Waals surface area (Å²) in [4.78, 5) is 17.8. The van der Waals surface area contributed by atoms with Crippen LogP contribution < -0.4 is 0 Å². The molecule has 2 heterocycles. The third-order valence-corrected chi connectivity index (χ3v) is 6.52. The molecule has 27 heavy (non-hydrogen) atoms. The minimum absolute atomic E-state index is 0.0953. The van der Waals surface area contributed by atoms with Crippen LogP contribution in [-0.4, -0.2) is 48.9 Å². The van der Waals surface area contributed by atoms with Crippen LogP contribution in [0.3, 0.4) is 0 Å². The number of hydrogen-bond acceptors (Lipinski definition) is 2. The van der Waals surface area contributed by atoms with Gasteiger partial charge < -0.3 is 9.80 Å². The van der Waals surface area contributed by atoms with E-state index in [1.807, 2.05) is 0 Å². The summed E-state index contributed by atoms with van der Waals surface area (Å²) in [5, 5.41) is 0. The Morgan fingerprint density at radius 2 is 1.44 bits per heavy atom. The number of hydrogen-bond donors (Lipinski definition) is 0. The van der Waals surface area contributed by atoms with Gasteiger partial charge in [-0.1, -0.05) is 60.7 Å². The summed E-state index contributed by atoms with van der Waals surface area (Å²) in [6, 6.07) is 21.6. The first kappa shape index (κ1) is 18.2. The molecule has 142 valence electrons. The third-order valence-electron chi connectivity index (χ3n) is 6.52. The van der Waals surface area contributed by atoms with Crippen molar-refractivity contribution >= 4 is 5.91 Å². The van der Waals surface area contributed by atoms with Crippen LogP contribution in [-0.2, 0) is 10.2 Å². The first-order valence-electron chi connectivity index (χ1n) is 10.3. The average Bonchev–Trinajstić information content (AvgIpc) is 2.75. The van der Waals surface area contributed by atoms with Gasteiger partial charge in [0, 0.05) is 24.4 Å². The topological polar surface area (TPSA) is 23.6 Å². The largest absolute Gasteiger partial charge is 0.341 e. The molecule has 2 aliphatic rings. The van der Waals surface area contributed by atoms with Gasteiger partial charge in [-0.2, -0.15) is 0 Å². The molecule has 0 aliphatic carbocycles. The zero-order valence-electron chi connectivity index (χ0n) is 16.3. The molecule has 2 aromatic rings. The maximum atomic E-state index is 13.3. The van der Waals surface area contributed by atoms with E-state index in [0.29, 0.717) is 5.91 Å². The first-order valence-corrected chi connectivity index (χ1v) is 10.3.